The fourth-order valence-corrected chi connectivity index (χ4v) is 1.98. The number of hydrogen-bond acceptors (Lipinski definition) is 2. The van der Waals surface area contributed by atoms with Crippen LogP contribution in [0.3, 0.4) is 0 Å². The fourth-order valence-electron chi connectivity index (χ4n) is 1.46. The third-order valence-corrected chi connectivity index (χ3v) is 3.42. The summed E-state index contributed by atoms with van der Waals surface area (Å²) < 4.78 is 14.2. The Kier molecular flexibility index (Phi) is 3.41. The monoisotopic (exact) mass is 332 g/mol. The lowest BCUT2D eigenvalue weighted by Gasteiger charge is -2.07. The lowest BCUT2D eigenvalue weighted by atomic mass is 10.3. The quantitative estimate of drug-likeness (QED) is 0.815. The Morgan fingerprint density at radius 2 is 2.06 bits per heavy atom. The summed E-state index contributed by atoms with van der Waals surface area (Å²) in [5.41, 5.74) is -0.734. The number of halogens is 3. The van der Waals surface area contributed by atoms with Gasteiger partial charge in [0.2, 0.25) is 0 Å². The van der Waals surface area contributed by atoms with E-state index in [0.717, 1.165) is 10.6 Å². The molecular weight excluding hydrogens is 326 g/mol. The van der Waals surface area contributed by atoms with Crippen LogP contribution in [0.1, 0.15) is 5.56 Å². The molecule has 0 aliphatic carbocycles. The number of aromatic amines is 1. The van der Waals surface area contributed by atoms with Crippen LogP contribution in [0.2, 0.25) is 5.15 Å². The van der Waals surface area contributed by atoms with Crippen molar-refractivity contribution in [2.24, 2.45) is 0 Å². The van der Waals surface area contributed by atoms with Crippen molar-refractivity contribution in [3.8, 4) is 5.69 Å². The molecular formula is C11H7BrClFN2O2. The highest BCUT2D eigenvalue weighted by molar-refractivity contribution is 9.10. The molecule has 0 bridgehead atoms. The van der Waals surface area contributed by atoms with E-state index in [1.54, 1.807) is 0 Å². The molecule has 7 heteroatoms. The first-order chi connectivity index (χ1) is 8.41. The first kappa shape index (κ1) is 13.0. The van der Waals surface area contributed by atoms with Crippen LogP contribution < -0.4 is 11.2 Å². The molecule has 0 amide bonds. The van der Waals surface area contributed by atoms with E-state index in [2.05, 4.69) is 20.9 Å². The van der Waals surface area contributed by atoms with Gasteiger partial charge in [0.1, 0.15) is 11.0 Å². The van der Waals surface area contributed by atoms with Crippen molar-refractivity contribution in [1.29, 1.82) is 0 Å². The standard InChI is InChI=1S/C11H7BrClFN2O2/c1-5-9(13)15-11(18)16(10(5)17)6-2-3-8(14)7(12)4-6/h2-4H,1H3,(H,15,18). The molecule has 0 radical (unpaired) electrons. The Hall–Kier alpha value is -1.40. The van der Waals surface area contributed by atoms with Crippen molar-refractivity contribution in [3.05, 3.63) is 60.0 Å². The van der Waals surface area contributed by atoms with Gasteiger partial charge < -0.3 is 0 Å². The molecule has 2 aromatic rings. The molecule has 1 heterocycles. The molecule has 0 spiro atoms. The second kappa shape index (κ2) is 4.70. The summed E-state index contributed by atoms with van der Waals surface area (Å²) >= 11 is 8.69. The van der Waals surface area contributed by atoms with Crippen LogP contribution in [0.25, 0.3) is 5.69 Å². The van der Waals surface area contributed by atoms with Gasteiger partial charge in [-0.15, -0.1) is 0 Å². The summed E-state index contributed by atoms with van der Waals surface area (Å²) in [6.07, 6.45) is 0. The molecule has 0 unspecified atom stereocenters. The summed E-state index contributed by atoms with van der Waals surface area (Å²) in [6, 6.07) is 3.85. The van der Waals surface area contributed by atoms with Crippen molar-refractivity contribution >= 4 is 27.5 Å². The number of H-pyrrole nitrogens is 1. The topological polar surface area (TPSA) is 54.9 Å². The number of nitrogens with zero attached hydrogens (tertiary/aromatic N) is 1. The second-order valence-electron chi connectivity index (χ2n) is 3.61. The van der Waals surface area contributed by atoms with E-state index in [4.69, 9.17) is 11.6 Å². The molecule has 0 aliphatic heterocycles. The van der Waals surface area contributed by atoms with Gasteiger partial charge in [0.15, 0.2) is 0 Å². The maximum absolute atomic E-state index is 13.1. The highest BCUT2D eigenvalue weighted by Crippen LogP contribution is 2.18. The summed E-state index contributed by atoms with van der Waals surface area (Å²) in [5.74, 6) is -0.478. The highest BCUT2D eigenvalue weighted by Gasteiger charge is 2.11. The minimum absolute atomic E-state index is 0.00225. The number of hydrogen-bond donors (Lipinski definition) is 1. The van der Waals surface area contributed by atoms with Gasteiger partial charge >= 0.3 is 5.69 Å². The van der Waals surface area contributed by atoms with Gasteiger partial charge in [0.05, 0.1) is 15.7 Å². The Bertz CT molecular complexity index is 739. The van der Waals surface area contributed by atoms with Gasteiger partial charge in [-0.2, -0.15) is 0 Å². The zero-order chi connectivity index (χ0) is 13.4. The molecule has 1 N–H and O–H groups in total. The molecule has 4 nitrogen and oxygen atoms in total. The number of rotatable bonds is 1. The van der Waals surface area contributed by atoms with Crippen LogP contribution in [0.15, 0.2) is 32.3 Å². The predicted molar refractivity (Wildman–Crippen MR) is 70.1 cm³/mol. The zero-order valence-electron chi connectivity index (χ0n) is 9.13. The summed E-state index contributed by atoms with van der Waals surface area (Å²) in [6.45, 7) is 1.50. The first-order valence-corrected chi connectivity index (χ1v) is 6.06. The molecule has 2 rings (SSSR count). The van der Waals surface area contributed by atoms with Crippen molar-refractivity contribution in [1.82, 2.24) is 9.55 Å². The highest BCUT2D eigenvalue weighted by atomic mass is 79.9. The van der Waals surface area contributed by atoms with Crippen LogP contribution in [-0.4, -0.2) is 9.55 Å². The molecule has 1 aromatic carbocycles. The van der Waals surface area contributed by atoms with Gasteiger partial charge in [0, 0.05) is 0 Å². The molecule has 1 aromatic heterocycles. The van der Waals surface area contributed by atoms with Crippen LogP contribution in [0.5, 0.6) is 0 Å². The Labute approximate surface area is 114 Å². The number of benzene rings is 1. The van der Waals surface area contributed by atoms with E-state index in [-0.39, 0.29) is 20.9 Å². The Balaban J connectivity index is 2.80. The minimum atomic E-state index is -0.672. The van der Waals surface area contributed by atoms with Gasteiger partial charge in [-0.05, 0) is 41.1 Å². The van der Waals surface area contributed by atoms with Gasteiger partial charge in [-0.3, -0.25) is 9.78 Å². The maximum Gasteiger partial charge on any atom is 0.334 e. The molecule has 0 saturated carbocycles. The van der Waals surface area contributed by atoms with E-state index in [0.29, 0.717) is 0 Å². The van der Waals surface area contributed by atoms with Crippen molar-refractivity contribution in [2.75, 3.05) is 0 Å². The maximum atomic E-state index is 13.1. The van der Waals surface area contributed by atoms with E-state index < -0.39 is 17.1 Å². The average Bonchev–Trinajstić information content (AvgIpc) is 2.31. The van der Waals surface area contributed by atoms with Crippen LogP contribution in [-0.2, 0) is 0 Å². The average molecular weight is 334 g/mol. The molecule has 0 aliphatic rings. The predicted octanol–water partition coefficient (Wildman–Crippen LogP) is 2.39. The smallest absolute Gasteiger partial charge is 0.297 e. The van der Waals surface area contributed by atoms with Gasteiger partial charge in [0.25, 0.3) is 5.56 Å². The van der Waals surface area contributed by atoms with Crippen LogP contribution in [0.4, 0.5) is 4.39 Å². The van der Waals surface area contributed by atoms with Crippen molar-refractivity contribution < 1.29 is 4.39 Å². The van der Waals surface area contributed by atoms with Crippen molar-refractivity contribution in [2.45, 2.75) is 6.92 Å². The SMILES string of the molecule is Cc1c(Cl)[nH]c(=O)n(-c2ccc(F)c(Br)c2)c1=O. The number of aromatic nitrogens is 2. The second-order valence-corrected chi connectivity index (χ2v) is 4.84. The summed E-state index contributed by atoms with van der Waals surface area (Å²) in [7, 11) is 0. The third kappa shape index (κ3) is 2.13. The molecule has 0 atom stereocenters. The minimum Gasteiger partial charge on any atom is -0.297 e. The summed E-state index contributed by atoms with van der Waals surface area (Å²) in [4.78, 5) is 26.0. The Morgan fingerprint density at radius 1 is 1.39 bits per heavy atom. The number of nitrogens with one attached hydrogen (secondary N) is 1. The van der Waals surface area contributed by atoms with Crippen LogP contribution in [0, 0.1) is 12.7 Å². The zero-order valence-corrected chi connectivity index (χ0v) is 11.5. The van der Waals surface area contributed by atoms with E-state index in [9.17, 15) is 14.0 Å². The third-order valence-electron chi connectivity index (χ3n) is 2.43. The van der Waals surface area contributed by atoms with Gasteiger partial charge in [-0.1, -0.05) is 11.6 Å². The summed E-state index contributed by atoms with van der Waals surface area (Å²) in [5, 5.41) is 0.00225. The van der Waals surface area contributed by atoms with Crippen LogP contribution >= 0.6 is 27.5 Å². The molecule has 18 heavy (non-hydrogen) atoms. The molecule has 0 saturated heterocycles. The largest absolute Gasteiger partial charge is 0.334 e. The fraction of sp³-hybridized carbons (Fsp3) is 0.0909. The van der Waals surface area contributed by atoms with Crippen molar-refractivity contribution in [3.63, 3.8) is 0 Å². The lowest BCUT2D eigenvalue weighted by molar-refractivity contribution is 0.620. The lowest BCUT2D eigenvalue weighted by Crippen LogP contribution is -2.35. The molecule has 94 valence electrons. The van der Waals surface area contributed by atoms with Gasteiger partial charge in [-0.25, -0.2) is 13.8 Å². The van der Waals surface area contributed by atoms with E-state index in [1.165, 1.54) is 19.1 Å². The van der Waals surface area contributed by atoms with E-state index in [1.807, 2.05) is 0 Å². The van der Waals surface area contributed by atoms with E-state index >= 15 is 0 Å². The first-order valence-electron chi connectivity index (χ1n) is 4.88. The Morgan fingerprint density at radius 3 is 2.67 bits per heavy atom. The molecule has 0 fully saturated rings. The normalized spacial score (nSPS) is 10.7.